The van der Waals surface area contributed by atoms with Crippen LogP contribution in [0.2, 0.25) is 0 Å². The summed E-state index contributed by atoms with van der Waals surface area (Å²) < 4.78 is 7.10. The summed E-state index contributed by atoms with van der Waals surface area (Å²) in [6.07, 6.45) is 5.22. The Kier molecular flexibility index (Phi) is 4.51. The molecule has 0 unspecified atom stereocenters. The lowest BCUT2D eigenvalue weighted by Crippen LogP contribution is -2.12. The van der Waals surface area contributed by atoms with E-state index >= 15 is 0 Å². The normalized spacial score (nSPS) is 10.9. The van der Waals surface area contributed by atoms with Crippen LogP contribution in [0.25, 0.3) is 27.7 Å². The van der Waals surface area contributed by atoms with Gasteiger partial charge in [-0.05, 0) is 24.3 Å². The van der Waals surface area contributed by atoms with Crippen molar-refractivity contribution in [2.75, 3.05) is 5.32 Å². The number of hydrogen-bond donors (Lipinski definition) is 1. The maximum atomic E-state index is 12.5. The number of thiazole rings is 2. The Bertz CT molecular complexity index is 1260. The zero-order valence-electron chi connectivity index (χ0n) is 14.9. The molecular formula is C20H13N5O2S2. The molecule has 1 amide bonds. The molecule has 4 aromatic heterocycles. The van der Waals surface area contributed by atoms with Crippen LogP contribution in [0, 0.1) is 0 Å². The molecule has 0 radical (unpaired) electrons. The van der Waals surface area contributed by atoms with E-state index in [4.69, 9.17) is 4.42 Å². The summed E-state index contributed by atoms with van der Waals surface area (Å²) in [6.45, 7) is 0. The van der Waals surface area contributed by atoms with Gasteiger partial charge < -0.3 is 4.42 Å². The molecule has 0 atom stereocenters. The maximum absolute atomic E-state index is 12.5. The molecule has 0 fully saturated rings. The van der Waals surface area contributed by atoms with Gasteiger partial charge in [0.25, 0.3) is 5.91 Å². The fourth-order valence-corrected chi connectivity index (χ4v) is 4.17. The molecule has 5 rings (SSSR count). The van der Waals surface area contributed by atoms with Crippen molar-refractivity contribution >= 4 is 33.7 Å². The second kappa shape index (κ2) is 7.46. The number of para-hydroxylation sites is 1. The Hall–Kier alpha value is -3.56. The standard InChI is InChI=1S/C20H13N5O2S2/c26-18(24-20-23-15(11-29-20)17-7-4-8-27-17)16-12-28-19(22-16)13-9-21-25(10-13)14-5-2-1-3-6-14/h1-12H,(H,23,24,26). The summed E-state index contributed by atoms with van der Waals surface area (Å²) in [6, 6.07) is 13.4. The lowest BCUT2D eigenvalue weighted by molar-refractivity contribution is 0.102. The molecule has 0 aliphatic heterocycles. The average molecular weight is 419 g/mol. The number of amides is 1. The van der Waals surface area contributed by atoms with Gasteiger partial charge in [0, 0.05) is 22.5 Å². The number of carbonyl (C=O) groups is 1. The predicted octanol–water partition coefficient (Wildman–Crippen LogP) is 4.96. The lowest BCUT2D eigenvalue weighted by Gasteiger charge is -1.98. The van der Waals surface area contributed by atoms with Crippen molar-refractivity contribution in [3.63, 3.8) is 0 Å². The van der Waals surface area contributed by atoms with E-state index in [0.29, 0.717) is 22.3 Å². The van der Waals surface area contributed by atoms with Gasteiger partial charge in [-0.3, -0.25) is 10.1 Å². The first kappa shape index (κ1) is 17.5. The molecule has 0 aliphatic rings. The topological polar surface area (TPSA) is 85.8 Å². The van der Waals surface area contributed by atoms with E-state index in [9.17, 15) is 4.79 Å². The van der Waals surface area contributed by atoms with Crippen LogP contribution in [0.5, 0.6) is 0 Å². The number of furan rings is 1. The fraction of sp³-hybridized carbons (Fsp3) is 0. The number of anilines is 1. The van der Waals surface area contributed by atoms with Gasteiger partial charge in [0.05, 0.1) is 18.1 Å². The minimum absolute atomic E-state index is 0.303. The molecule has 0 aliphatic carbocycles. The van der Waals surface area contributed by atoms with Gasteiger partial charge in [0.2, 0.25) is 0 Å². The molecule has 0 spiro atoms. The Morgan fingerprint density at radius 2 is 1.93 bits per heavy atom. The third-order valence-corrected chi connectivity index (χ3v) is 5.73. The van der Waals surface area contributed by atoms with Crippen molar-refractivity contribution in [3.8, 4) is 27.7 Å². The van der Waals surface area contributed by atoms with Crippen molar-refractivity contribution < 1.29 is 9.21 Å². The molecule has 0 bridgehead atoms. The molecule has 9 heteroatoms. The minimum Gasteiger partial charge on any atom is -0.463 e. The van der Waals surface area contributed by atoms with E-state index in [1.165, 1.54) is 22.7 Å². The van der Waals surface area contributed by atoms with E-state index in [2.05, 4.69) is 20.4 Å². The molecular weight excluding hydrogens is 406 g/mol. The molecule has 1 aromatic carbocycles. The summed E-state index contributed by atoms with van der Waals surface area (Å²) in [5.41, 5.74) is 2.84. The van der Waals surface area contributed by atoms with E-state index in [-0.39, 0.29) is 5.91 Å². The predicted molar refractivity (Wildman–Crippen MR) is 112 cm³/mol. The van der Waals surface area contributed by atoms with Crippen LogP contribution in [-0.2, 0) is 0 Å². The van der Waals surface area contributed by atoms with Gasteiger partial charge in [-0.2, -0.15) is 5.10 Å². The first-order valence-electron chi connectivity index (χ1n) is 8.63. The van der Waals surface area contributed by atoms with E-state index in [1.54, 1.807) is 28.6 Å². The number of aromatic nitrogens is 4. The summed E-state index contributed by atoms with van der Waals surface area (Å²) in [5.74, 6) is 0.358. The highest BCUT2D eigenvalue weighted by molar-refractivity contribution is 7.14. The quantitative estimate of drug-likeness (QED) is 0.435. The van der Waals surface area contributed by atoms with Crippen molar-refractivity contribution in [2.24, 2.45) is 0 Å². The Balaban J connectivity index is 1.31. The number of rotatable bonds is 5. The summed E-state index contributed by atoms with van der Waals surface area (Å²) in [5, 5.41) is 11.9. The smallest absolute Gasteiger partial charge is 0.276 e. The van der Waals surface area contributed by atoms with Crippen LogP contribution < -0.4 is 5.32 Å². The number of carbonyl (C=O) groups excluding carboxylic acids is 1. The third kappa shape index (κ3) is 3.60. The van der Waals surface area contributed by atoms with Gasteiger partial charge in [0.1, 0.15) is 16.4 Å². The van der Waals surface area contributed by atoms with Crippen LogP contribution >= 0.6 is 22.7 Å². The average Bonchev–Trinajstić information content (AvgIpc) is 3.55. The van der Waals surface area contributed by atoms with Gasteiger partial charge in [-0.1, -0.05) is 18.2 Å². The minimum atomic E-state index is -0.303. The van der Waals surface area contributed by atoms with Crippen LogP contribution in [-0.4, -0.2) is 25.7 Å². The second-order valence-electron chi connectivity index (χ2n) is 6.02. The van der Waals surface area contributed by atoms with Crippen molar-refractivity contribution in [1.82, 2.24) is 19.7 Å². The van der Waals surface area contributed by atoms with Crippen LogP contribution in [0.3, 0.4) is 0 Å². The zero-order chi connectivity index (χ0) is 19.6. The van der Waals surface area contributed by atoms with E-state index in [1.807, 2.05) is 48.0 Å². The second-order valence-corrected chi connectivity index (χ2v) is 7.73. The van der Waals surface area contributed by atoms with Gasteiger partial charge in [-0.25, -0.2) is 14.6 Å². The highest BCUT2D eigenvalue weighted by Gasteiger charge is 2.15. The van der Waals surface area contributed by atoms with E-state index < -0.39 is 0 Å². The van der Waals surface area contributed by atoms with E-state index in [0.717, 1.165) is 16.3 Å². The maximum Gasteiger partial charge on any atom is 0.276 e. The SMILES string of the molecule is O=C(Nc1nc(-c2ccco2)cs1)c1csc(-c2cnn(-c3ccccc3)c2)n1. The number of nitrogens with one attached hydrogen (secondary N) is 1. The van der Waals surface area contributed by atoms with Crippen LogP contribution in [0.15, 0.2) is 76.3 Å². The zero-order valence-corrected chi connectivity index (χ0v) is 16.5. The van der Waals surface area contributed by atoms with Gasteiger partial charge in [-0.15, -0.1) is 22.7 Å². The third-order valence-electron chi connectivity index (χ3n) is 4.09. The molecule has 5 aromatic rings. The van der Waals surface area contributed by atoms with Gasteiger partial charge >= 0.3 is 0 Å². The number of benzene rings is 1. The summed E-state index contributed by atoms with van der Waals surface area (Å²) >= 11 is 2.73. The van der Waals surface area contributed by atoms with Crippen LogP contribution in [0.4, 0.5) is 5.13 Å². The molecule has 0 saturated carbocycles. The molecule has 7 nitrogen and oxygen atoms in total. The first-order valence-corrected chi connectivity index (χ1v) is 10.4. The highest BCUT2D eigenvalue weighted by atomic mass is 32.1. The number of nitrogens with zero attached hydrogens (tertiary/aromatic N) is 4. The van der Waals surface area contributed by atoms with Crippen LogP contribution in [0.1, 0.15) is 10.5 Å². The Morgan fingerprint density at radius 3 is 2.76 bits per heavy atom. The molecule has 4 heterocycles. The molecule has 1 N–H and O–H groups in total. The molecule has 0 saturated heterocycles. The largest absolute Gasteiger partial charge is 0.463 e. The Labute approximate surface area is 173 Å². The molecule has 29 heavy (non-hydrogen) atoms. The summed E-state index contributed by atoms with van der Waals surface area (Å²) in [4.78, 5) is 21.4. The highest BCUT2D eigenvalue weighted by Crippen LogP contribution is 2.27. The van der Waals surface area contributed by atoms with Crippen molar-refractivity contribution in [3.05, 3.63) is 77.6 Å². The summed E-state index contributed by atoms with van der Waals surface area (Å²) in [7, 11) is 0. The number of hydrogen-bond acceptors (Lipinski definition) is 7. The van der Waals surface area contributed by atoms with Crippen molar-refractivity contribution in [1.29, 1.82) is 0 Å². The first-order chi connectivity index (χ1) is 14.3. The lowest BCUT2D eigenvalue weighted by atomic mass is 10.3. The monoisotopic (exact) mass is 419 g/mol. The van der Waals surface area contributed by atoms with Crippen molar-refractivity contribution in [2.45, 2.75) is 0 Å². The van der Waals surface area contributed by atoms with Gasteiger partial charge in [0.15, 0.2) is 10.9 Å². The Morgan fingerprint density at radius 1 is 1.03 bits per heavy atom. The fourth-order valence-electron chi connectivity index (χ4n) is 2.70. The molecule has 142 valence electrons.